The number of hydrogen-bond acceptors (Lipinski definition) is 6. The molecule has 0 aliphatic carbocycles. The van der Waals surface area contributed by atoms with Gasteiger partial charge < -0.3 is 0 Å². The maximum absolute atomic E-state index is 12.8. The number of aliphatic imine (C=N–C) groups is 1. The summed E-state index contributed by atoms with van der Waals surface area (Å²) < 4.78 is 64.6. The number of aryl methyl sites for hydroxylation is 1. The van der Waals surface area contributed by atoms with E-state index in [9.17, 15) is 26.4 Å². The fourth-order valence-electron chi connectivity index (χ4n) is 2.26. The minimum absolute atomic E-state index is 0.0154. The normalized spacial score (nSPS) is 20.3. The molecule has 0 saturated carbocycles. The summed E-state index contributed by atoms with van der Waals surface area (Å²) in [4.78, 5) is 16.2. The van der Waals surface area contributed by atoms with Gasteiger partial charge in [-0.25, -0.2) is 22.9 Å². The fraction of sp³-hybridized carbons (Fsp3) is 0.231. The van der Waals surface area contributed by atoms with Gasteiger partial charge in [0.25, 0.3) is 21.8 Å². The molecular formula is C13H11ClF3N4O3S2+. The highest BCUT2D eigenvalue weighted by molar-refractivity contribution is 7.92. The van der Waals surface area contributed by atoms with Crippen LogP contribution in [0.15, 0.2) is 43.8 Å². The third-order valence-electron chi connectivity index (χ3n) is 3.44. The highest BCUT2D eigenvalue weighted by atomic mass is 35.5. The van der Waals surface area contributed by atoms with Crippen molar-refractivity contribution >= 4 is 44.7 Å². The molecule has 0 saturated heterocycles. The van der Waals surface area contributed by atoms with Crippen molar-refractivity contribution in [3.63, 3.8) is 0 Å². The Bertz CT molecular complexity index is 966. The van der Waals surface area contributed by atoms with Crippen molar-refractivity contribution in [2.24, 2.45) is 4.99 Å². The van der Waals surface area contributed by atoms with E-state index in [1.807, 2.05) is 4.72 Å². The standard InChI is InChI=1S/C13H10ClF3N4O3S2/c1-7-2-10(25-5-7)26(23,24)19-12(22)9-4-20-6-21(13(15,16)17)3-8(14)11(20)18-9/h2-5H,6H2,1H3,(H,19,22)/p+1. The van der Waals surface area contributed by atoms with Crippen LogP contribution in [0.4, 0.5) is 13.2 Å². The van der Waals surface area contributed by atoms with Gasteiger partial charge in [0.1, 0.15) is 15.4 Å². The van der Waals surface area contributed by atoms with Gasteiger partial charge in [0.2, 0.25) is 0 Å². The van der Waals surface area contributed by atoms with Gasteiger partial charge in [-0.15, -0.1) is 24.5 Å². The van der Waals surface area contributed by atoms with Crippen LogP contribution in [-0.4, -0.2) is 38.0 Å². The van der Waals surface area contributed by atoms with Crippen molar-refractivity contribution in [1.82, 2.24) is 9.62 Å². The molecule has 3 rings (SSSR count). The molecule has 0 radical (unpaired) electrons. The lowest BCUT2D eigenvalue weighted by molar-refractivity contribution is -0.763. The van der Waals surface area contributed by atoms with E-state index in [4.69, 9.17) is 11.6 Å². The zero-order chi connectivity index (χ0) is 19.3. The number of carbonyl (C=O) groups is 1. The van der Waals surface area contributed by atoms with Gasteiger partial charge in [-0.05, 0) is 23.9 Å². The van der Waals surface area contributed by atoms with Crippen LogP contribution in [0.3, 0.4) is 0 Å². The lowest BCUT2D eigenvalue weighted by atomic mass is 10.4. The summed E-state index contributed by atoms with van der Waals surface area (Å²) in [5.41, 5.74) is 0.385. The van der Waals surface area contributed by atoms with Crippen LogP contribution in [-0.2, 0) is 14.8 Å². The van der Waals surface area contributed by atoms with Crippen LogP contribution < -0.4 is 9.62 Å². The molecule has 2 aliphatic rings. The van der Waals surface area contributed by atoms with Gasteiger partial charge in [-0.1, -0.05) is 11.6 Å². The Balaban J connectivity index is 1.80. The minimum atomic E-state index is -4.64. The molecule has 1 unspecified atom stereocenters. The largest absolute Gasteiger partial charge is 0.488 e. The van der Waals surface area contributed by atoms with Crippen LogP contribution in [0, 0.1) is 6.92 Å². The number of halogens is 4. The number of nitrogens with zero attached hydrogens (tertiary/aromatic N) is 2. The number of fused-ring (bicyclic) bond motifs is 1. The van der Waals surface area contributed by atoms with Crippen molar-refractivity contribution in [2.45, 2.75) is 17.4 Å². The zero-order valence-electron chi connectivity index (χ0n) is 13.0. The van der Waals surface area contributed by atoms with E-state index in [1.54, 1.807) is 12.3 Å². The molecule has 3 heterocycles. The maximum Gasteiger partial charge on any atom is 0.488 e. The topological polar surface area (TPSA) is 83.3 Å². The van der Waals surface area contributed by atoms with E-state index in [-0.39, 0.29) is 30.6 Å². The lowest BCUT2D eigenvalue weighted by Gasteiger charge is -2.28. The second-order valence-electron chi connectivity index (χ2n) is 5.47. The molecule has 26 heavy (non-hydrogen) atoms. The Kier molecular flexibility index (Phi) is 4.63. The first-order valence-corrected chi connectivity index (χ1v) is 9.71. The summed E-state index contributed by atoms with van der Waals surface area (Å²) in [6.07, 6.45) is -2.88. The molecule has 1 atom stereocenters. The van der Waals surface area contributed by atoms with Gasteiger partial charge in [0, 0.05) is 6.20 Å². The quantitative estimate of drug-likeness (QED) is 0.701. The van der Waals surface area contributed by atoms with Gasteiger partial charge in [-0.2, -0.15) is 4.99 Å². The van der Waals surface area contributed by atoms with Gasteiger partial charge >= 0.3 is 6.30 Å². The number of thiophene rings is 1. The fourth-order valence-corrected chi connectivity index (χ4v) is 4.73. The molecule has 13 heteroatoms. The maximum atomic E-state index is 12.8. The number of alkyl halides is 3. The number of sulfonamides is 1. The van der Waals surface area contributed by atoms with Crippen molar-refractivity contribution in [1.29, 1.82) is 0 Å². The van der Waals surface area contributed by atoms with E-state index in [1.165, 1.54) is 6.07 Å². The Hall–Kier alpha value is -1.89. The Morgan fingerprint density at radius 2 is 2.15 bits per heavy atom. The van der Waals surface area contributed by atoms with Crippen LogP contribution in [0.2, 0.25) is 0 Å². The van der Waals surface area contributed by atoms with Crippen molar-refractivity contribution in [3.8, 4) is 0 Å². The number of carbonyl (C=O) groups excluding carboxylic acids is 1. The molecule has 140 valence electrons. The predicted molar refractivity (Wildman–Crippen MR) is 87.6 cm³/mol. The van der Waals surface area contributed by atoms with Gasteiger partial charge in [0.05, 0.1) is 0 Å². The average molecular weight is 428 g/mol. The molecule has 1 aromatic rings. The number of nitrogens with one attached hydrogen (secondary N) is 2. The molecule has 2 N–H and O–H groups in total. The molecular weight excluding hydrogens is 417 g/mol. The van der Waals surface area contributed by atoms with E-state index in [2.05, 4.69) is 4.99 Å². The van der Waals surface area contributed by atoms with E-state index in [0.717, 1.165) is 17.5 Å². The average Bonchev–Trinajstić information content (AvgIpc) is 3.12. The summed E-state index contributed by atoms with van der Waals surface area (Å²) in [5.74, 6) is -1.03. The molecule has 1 aromatic heterocycles. The molecule has 0 bridgehead atoms. The van der Waals surface area contributed by atoms with Crippen LogP contribution in [0.25, 0.3) is 0 Å². The number of quaternary nitrogens is 1. The Morgan fingerprint density at radius 1 is 1.46 bits per heavy atom. The van der Waals surface area contributed by atoms with Crippen molar-refractivity contribution in [2.75, 3.05) is 6.67 Å². The summed E-state index contributed by atoms with van der Waals surface area (Å²) in [5, 5.41) is 1.31. The Labute approximate surface area is 155 Å². The number of amides is 1. The second-order valence-corrected chi connectivity index (χ2v) is 8.69. The first-order valence-electron chi connectivity index (χ1n) is 6.97. The lowest BCUT2D eigenvalue weighted by Crippen LogP contribution is -3.12. The molecule has 0 fully saturated rings. The van der Waals surface area contributed by atoms with Crippen molar-refractivity contribution in [3.05, 3.63) is 40.1 Å². The van der Waals surface area contributed by atoms with Crippen molar-refractivity contribution < 1.29 is 31.3 Å². The first-order chi connectivity index (χ1) is 12.0. The third kappa shape index (κ3) is 3.63. The third-order valence-corrected chi connectivity index (χ3v) is 6.61. The second kappa shape index (κ2) is 6.37. The smallest absolute Gasteiger partial charge is 0.266 e. The number of rotatable bonds is 3. The predicted octanol–water partition coefficient (Wildman–Crippen LogP) is 0.873. The number of hydrogen-bond donors (Lipinski definition) is 2. The molecule has 1 amide bonds. The summed E-state index contributed by atoms with van der Waals surface area (Å²) in [6, 6.07) is 1.39. The zero-order valence-corrected chi connectivity index (χ0v) is 15.4. The summed E-state index contributed by atoms with van der Waals surface area (Å²) in [6.45, 7) is 1.12. The molecule has 0 spiro atoms. The van der Waals surface area contributed by atoms with E-state index < -0.39 is 28.9 Å². The van der Waals surface area contributed by atoms with Gasteiger partial charge in [-0.3, -0.25) is 4.79 Å². The van der Waals surface area contributed by atoms with Crippen LogP contribution in [0.5, 0.6) is 0 Å². The summed E-state index contributed by atoms with van der Waals surface area (Å²) in [7, 11) is -4.09. The highest BCUT2D eigenvalue weighted by Gasteiger charge is 2.44. The SMILES string of the molecule is Cc1csc(S(=O)(=O)NC(=O)C2=C[NH+]3CN(C(F)(F)F)C=C(Cl)C3=N2)c1. The van der Waals surface area contributed by atoms with Gasteiger partial charge in [0.15, 0.2) is 12.4 Å². The van der Waals surface area contributed by atoms with E-state index >= 15 is 0 Å². The molecule has 0 aromatic carbocycles. The van der Waals surface area contributed by atoms with Crippen LogP contribution >= 0.6 is 22.9 Å². The highest BCUT2D eigenvalue weighted by Crippen LogP contribution is 2.25. The van der Waals surface area contributed by atoms with E-state index in [0.29, 0.717) is 11.8 Å². The minimum Gasteiger partial charge on any atom is -0.266 e. The first kappa shape index (κ1) is 18.9. The number of amidine groups is 1. The summed E-state index contributed by atoms with van der Waals surface area (Å²) >= 11 is 6.75. The monoisotopic (exact) mass is 427 g/mol. The Morgan fingerprint density at radius 3 is 2.73 bits per heavy atom. The van der Waals surface area contributed by atoms with Crippen LogP contribution in [0.1, 0.15) is 5.56 Å². The molecule has 2 aliphatic heterocycles. The molecule has 7 nitrogen and oxygen atoms in total.